The van der Waals surface area contributed by atoms with Crippen molar-refractivity contribution >= 4 is 11.6 Å². The largest absolute Gasteiger partial charge is 0.491 e. The molecular formula is C19H23NO3. The van der Waals surface area contributed by atoms with Gasteiger partial charge in [-0.2, -0.15) is 0 Å². The molecule has 122 valence electrons. The van der Waals surface area contributed by atoms with Crippen LogP contribution in [0, 0.1) is 6.92 Å². The molecule has 4 heteroatoms. The van der Waals surface area contributed by atoms with E-state index >= 15 is 0 Å². The van der Waals surface area contributed by atoms with E-state index in [9.17, 15) is 4.79 Å². The van der Waals surface area contributed by atoms with Gasteiger partial charge in [-0.15, -0.1) is 0 Å². The monoisotopic (exact) mass is 313 g/mol. The molecule has 1 atom stereocenters. The maximum absolute atomic E-state index is 12.3. The van der Waals surface area contributed by atoms with Gasteiger partial charge in [0.15, 0.2) is 6.10 Å². The molecule has 1 N–H and O–H groups in total. The second-order valence-electron chi connectivity index (χ2n) is 5.71. The maximum Gasteiger partial charge on any atom is 0.265 e. The Labute approximate surface area is 137 Å². The van der Waals surface area contributed by atoms with E-state index in [1.807, 2.05) is 63.2 Å². The number of nitrogens with one attached hydrogen (secondary N) is 1. The van der Waals surface area contributed by atoms with Gasteiger partial charge in [0, 0.05) is 11.8 Å². The Kier molecular flexibility index (Phi) is 5.63. The first-order valence-electron chi connectivity index (χ1n) is 7.75. The van der Waals surface area contributed by atoms with E-state index in [1.165, 1.54) is 0 Å². The molecule has 0 aliphatic heterocycles. The Balaban J connectivity index is 1.99. The lowest BCUT2D eigenvalue weighted by molar-refractivity contribution is -0.122. The van der Waals surface area contributed by atoms with E-state index in [2.05, 4.69) is 5.32 Å². The van der Waals surface area contributed by atoms with Crippen molar-refractivity contribution in [3.8, 4) is 11.5 Å². The fourth-order valence-electron chi connectivity index (χ4n) is 2.10. The Morgan fingerprint density at radius 3 is 2.43 bits per heavy atom. The average Bonchev–Trinajstić information content (AvgIpc) is 2.49. The number of hydrogen-bond donors (Lipinski definition) is 1. The normalized spacial score (nSPS) is 11.9. The first-order valence-corrected chi connectivity index (χ1v) is 7.75. The van der Waals surface area contributed by atoms with Crippen LogP contribution in [0.5, 0.6) is 11.5 Å². The molecule has 0 aromatic heterocycles. The van der Waals surface area contributed by atoms with E-state index in [0.29, 0.717) is 11.4 Å². The third-order valence-corrected chi connectivity index (χ3v) is 3.24. The standard InChI is InChI=1S/C19H23NO3/c1-13(2)22-17-10-7-9-16(12-17)20-19(21)15(4)23-18-11-6-5-8-14(18)3/h5-13,15H,1-4H3,(H,20,21)/t15-/m1/s1. The fourth-order valence-corrected chi connectivity index (χ4v) is 2.10. The van der Waals surface area contributed by atoms with Crippen LogP contribution in [0.25, 0.3) is 0 Å². The topological polar surface area (TPSA) is 47.6 Å². The Morgan fingerprint density at radius 2 is 1.74 bits per heavy atom. The van der Waals surface area contributed by atoms with Crippen LogP contribution in [0.3, 0.4) is 0 Å². The maximum atomic E-state index is 12.3. The highest BCUT2D eigenvalue weighted by Gasteiger charge is 2.16. The second-order valence-corrected chi connectivity index (χ2v) is 5.71. The van der Waals surface area contributed by atoms with Gasteiger partial charge in [-0.25, -0.2) is 0 Å². The first kappa shape index (κ1) is 16.9. The number of hydrogen-bond acceptors (Lipinski definition) is 3. The van der Waals surface area contributed by atoms with E-state index < -0.39 is 6.10 Å². The summed E-state index contributed by atoms with van der Waals surface area (Å²) in [6.45, 7) is 7.61. The molecule has 0 aliphatic rings. The van der Waals surface area contributed by atoms with Crippen molar-refractivity contribution in [3.63, 3.8) is 0 Å². The summed E-state index contributed by atoms with van der Waals surface area (Å²) in [6.07, 6.45) is -0.505. The van der Waals surface area contributed by atoms with E-state index in [1.54, 1.807) is 13.0 Å². The highest BCUT2D eigenvalue weighted by atomic mass is 16.5. The van der Waals surface area contributed by atoms with Crippen LogP contribution < -0.4 is 14.8 Å². The average molecular weight is 313 g/mol. The molecule has 0 radical (unpaired) electrons. The number of para-hydroxylation sites is 1. The molecule has 1 amide bonds. The second kappa shape index (κ2) is 7.68. The summed E-state index contributed by atoms with van der Waals surface area (Å²) in [5, 5.41) is 2.85. The molecule has 0 saturated heterocycles. The number of carbonyl (C=O) groups is 1. The van der Waals surface area contributed by atoms with Crippen molar-refractivity contribution < 1.29 is 14.3 Å². The Hall–Kier alpha value is -2.49. The summed E-state index contributed by atoms with van der Waals surface area (Å²) in [6, 6.07) is 15.0. The SMILES string of the molecule is Cc1ccccc1O[C@H](C)C(=O)Nc1cccc(OC(C)C)c1. The summed E-state index contributed by atoms with van der Waals surface area (Å²) in [5.74, 6) is 1.24. The van der Waals surface area contributed by atoms with Crippen molar-refractivity contribution in [1.29, 1.82) is 0 Å². The summed E-state index contributed by atoms with van der Waals surface area (Å²) < 4.78 is 11.4. The lowest BCUT2D eigenvalue weighted by atomic mass is 10.2. The summed E-state index contributed by atoms with van der Waals surface area (Å²) in [7, 11) is 0. The van der Waals surface area contributed by atoms with Gasteiger partial charge in [0.2, 0.25) is 0 Å². The molecule has 2 aromatic rings. The summed E-state index contributed by atoms with van der Waals surface area (Å²) >= 11 is 0. The highest BCUT2D eigenvalue weighted by molar-refractivity contribution is 5.94. The van der Waals surface area contributed by atoms with E-state index in [-0.39, 0.29) is 12.0 Å². The third kappa shape index (κ3) is 5.02. The quantitative estimate of drug-likeness (QED) is 0.870. The number of anilines is 1. The molecule has 2 aromatic carbocycles. The smallest absolute Gasteiger partial charge is 0.265 e. The molecule has 0 spiro atoms. The van der Waals surface area contributed by atoms with Crippen LogP contribution in [0.2, 0.25) is 0 Å². The molecule has 0 heterocycles. The minimum atomic E-state index is -0.592. The number of amides is 1. The van der Waals surface area contributed by atoms with Gasteiger partial charge >= 0.3 is 0 Å². The highest BCUT2D eigenvalue weighted by Crippen LogP contribution is 2.20. The van der Waals surface area contributed by atoms with Gasteiger partial charge in [-0.05, 0) is 51.5 Å². The van der Waals surface area contributed by atoms with Gasteiger partial charge in [0.25, 0.3) is 5.91 Å². The van der Waals surface area contributed by atoms with Gasteiger partial charge in [0.05, 0.1) is 6.10 Å². The van der Waals surface area contributed by atoms with E-state index in [0.717, 1.165) is 11.3 Å². The predicted octanol–water partition coefficient (Wildman–Crippen LogP) is 4.19. The van der Waals surface area contributed by atoms with E-state index in [4.69, 9.17) is 9.47 Å². The predicted molar refractivity (Wildman–Crippen MR) is 92.1 cm³/mol. The minimum absolute atomic E-state index is 0.0873. The zero-order chi connectivity index (χ0) is 16.8. The number of aryl methyl sites for hydroxylation is 1. The van der Waals surface area contributed by atoms with Crippen LogP contribution in [0.4, 0.5) is 5.69 Å². The van der Waals surface area contributed by atoms with Crippen LogP contribution in [0.1, 0.15) is 26.3 Å². The molecule has 0 bridgehead atoms. The zero-order valence-electron chi connectivity index (χ0n) is 14.0. The molecule has 0 aliphatic carbocycles. The van der Waals surface area contributed by atoms with Crippen molar-refractivity contribution in [3.05, 3.63) is 54.1 Å². The third-order valence-electron chi connectivity index (χ3n) is 3.24. The van der Waals surface area contributed by atoms with Gasteiger partial charge < -0.3 is 14.8 Å². The Morgan fingerprint density at radius 1 is 1.00 bits per heavy atom. The van der Waals surface area contributed by atoms with Crippen molar-refractivity contribution in [2.24, 2.45) is 0 Å². The summed E-state index contributed by atoms with van der Waals surface area (Å²) in [5.41, 5.74) is 1.69. The van der Waals surface area contributed by atoms with Gasteiger partial charge in [-0.3, -0.25) is 4.79 Å². The van der Waals surface area contributed by atoms with Crippen molar-refractivity contribution in [2.45, 2.75) is 39.9 Å². The molecule has 23 heavy (non-hydrogen) atoms. The number of benzene rings is 2. The fraction of sp³-hybridized carbons (Fsp3) is 0.316. The lowest BCUT2D eigenvalue weighted by Gasteiger charge is -2.17. The van der Waals surface area contributed by atoms with Gasteiger partial charge in [-0.1, -0.05) is 24.3 Å². The molecule has 0 unspecified atom stereocenters. The van der Waals surface area contributed by atoms with Crippen LogP contribution in [-0.2, 0) is 4.79 Å². The number of ether oxygens (including phenoxy) is 2. The summed E-state index contributed by atoms with van der Waals surface area (Å²) in [4.78, 5) is 12.3. The van der Waals surface area contributed by atoms with Crippen LogP contribution in [-0.4, -0.2) is 18.1 Å². The molecule has 0 saturated carbocycles. The molecule has 4 nitrogen and oxygen atoms in total. The number of carbonyl (C=O) groups excluding carboxylic acids is 1. The van der Waals surface area contributed by atoms with Crippen molar-refractivity contribution in [2.75, 3.05) is 5.32 Å². The Bertz CT molecular complexity index is 667. The van der Waals surface area contributed by atoms with Crippen LogP contribution in [0.15, 0.2) is 48.5 Å². The zero-order valence-corrected chi connectivity index (χ0v) is 14.0. The molecule has 0 fully saturated rings. The minimum Gasteiger partial charge on any atom is -0.491 e. The van der Waals surface area contributed by atoms with Crippen molar-refractivity contribution in [1.82, 2.24) is 0 Å². The van der Waals surface area contributed by atoms with Gasteiger partial charge in [0.1, 0.15) is 11.5 Å². The lowest BCUT2D eigenvalue weighted by Crippen LogP contribution is -2.30. The molecular weight excluding hydrogens is 290 g/mol. The number of rotatable bonds is 6. The first-order chi connectivity index (χ1) is 11.0. The molecule has 2 rings (SSSR count). The van der Waals surface area contributed by atoms with Crippen LogP contribution >= 0.6 is 0 Å².